The molecule has 1 heterocycles. The summed E-state index contributed by atoms with van der Waals surface area (Å²) >= 11 is 0. The van der Waals surface area contributed by atoms with Crippen LogP contribution in [-0.4, -0.2) is 20.8 Å². The predicted octanol–water partition coefficient (Wildman–Crippen LogP) is 5.43. The molecule has 5 nitrogen and oxygen atoms in total. The van der Waals surface area contributed by atoms with Gasteiger partial charge >= 0.3 is 0 Å². The summed E-state index contributed by atoms with van der Waals surface area (Å²) in [7, 11) is 0. The number of benzene rings is 4. The number of para-hydroxylation sites is 1. The zero-order valence-corrected chi connectivity index (χ0v) is 18.5. The lowest BCUT2D eigenvalue weighted by atomic mass is 10.0. The third kappa shape index (κ3) is 4.64. The Kier molecular flexibility index (Phi) is 5.99. The Balaban J connectivity index is 1.46. The molecule has 1 N–H and O–H groups in total. The third-order valence-corrected chi connectivity index (χ3v) is 5.74. The van der Waals surface area contributed by atoms with Gasteiger partial charge < -0.3 is 9.88 Å². The minimum atomic E-state index is -0.208. The van der Waals surface area contributed by atoms with Gasteiger partial charge in [-0.2, -0.15) is 0 Å². The van der Waals surface area contributed by atoms with Gasteiger partial charge in [0.1, 0.15) is 5.82 Å². The lowest BCUT2D eigenvalue weighted by Gasteiger charge is -2.23. The highest BCUT2D eigenvalue weighted by atomic mass is 16.2. The molecule has 1 amide bonds. The highest BCUT2D eigenvalue weighted by Crippen LogP contribution is 2.21. The van der Waals surface area contributed by atoms with Crippen LogP contribution in [0.4, 0.5) is 0 Å². The Morgan fingerprint density at radius 3 is 2.06 bits per heavy atom. The average Bonchev–Trinajstić information content (AvgIpc) is 2.89. The Morgan fingerprint density at radius 1 is 0.706 bits per heavy atom. The molecular weight excluding hydrogens is 422 g/mol. The van der Waals surface area contributed by atoms with Gasteiger partial charge in [0.2, 0.25) is 0 Å². The number of amides is 1. The normalized spacial score (nSPS) is 10.8. The number of aromatic amines is 1. The predicted molar refractivity (Wildman–Crippen MR) is 134 cm³/mol. The molecular formula is C29H23N3O2. The number of rotatable bonds is 6. The average molecular weight is 446 g/mol. The number of fused-ring (bicyclic) bond motifs is 1. The Labute approximate surface area is 197 Å². The van der Waals surface area contributed by atoms with Crippen molar-refractivity contribution in [2.24, 2.45) is 0 Å². The maximum atomic E-state index is 13.6. The number of carbonyl (C=O) groups is 1. The van der Waals surface area contributed by atoms with Crippen molar-refractivity contribution in [3.8, 4) is 11.1 Å². The van der Waals surface area contributed by atoms with E-state index in [0.29, 0.717) is 28.8 Å². The van der Waals surface area contributed by atoms with E-state index in [1.165, 1.54) is 0 Å². The van der Waals surface area contributed by atoms with Crippen molar-refractivity contribution in [2.45, 2.75) is 13.1 Å². The molecule has 1 aromatic heterocycles. The maximum absolute atomic E-state index is 13.6. The highest BCUT2D eigenvalue weighted by molar-refractivity contribution is 5.94. The van der Waals surface area contributed by atoms with Crippen LogP contribution in [0.15, 0.2) is 114 Å². The van der Waals surface area contributed by atoms with Crippen LogP contribution >= 0.6 is 0 Å². The molecule has 0 saturated carbocycles. The first-order valence-corrected chi connectivity index (χ1v) is 11.1. The monoisotopic (exact) mass is 445 g/mol. The second-order valence-corrected chi connectivity index (χ2v) is 8.12. The van der Waals surface area contributed by atoms with E-state index >= 15 is 0 Å². The van der Waals surface area contributed by atoms with Crippen molar-refractivity contribution in [2.75, 3.05) is 0 Å². The molecule has 5 rings (SSSR count). The molecule has 34 heavy (non-hydrogen) atoms. The highest BCUT2D eigenvalue weighted by Gasteiger charge is 2.18. The first-order chi connectivity index (χ1) is 16.7. The van der Waals surface area contributed by atoms with Crippen LogP contribution in [0.25, 0.3) is 22.0 Å². The molecule has 5 aromatic rings. The van der Waals surface area contributed by atoms with Crippen LogP contribution in [0.2, 0.25) is 0 Å². The van der Waals surface area contributed by atoms with Gasteiger partial charge in [-0.15, -0.1) is 0 Å². The van der Waals surface area contributed by atoms with Crippen LogP contribution in [0.5, 0.6) is 0 Å². The number of nitrogens with zero attached hydrogens (tertiary/aromatic N) is 2. The molecule has 0 spiro atoms. The summed E-state index contributed by atoms with van der Waals surface area (Å²) in [5, 5.41) is 0.531. The van der Waals surface area contributed by atoms with E-state index < -0.39 is 0 Å². The molecule has 0 saturated heterocycles. The largest absolute Gasteiger partial charge is 0.327 e. The summed E-state index contributed by atoms with van der Waals surface area (Å²) in [5.41, 5.74) is 4.13. The summed E-state index contributed by atoms with van der Waals surface area (Å²) in [6.07, 6.45) is 0. The molecule has 0 radical (unpaired) electrons. The van der Waals surface area contributed by atoms with E-state index in [1.807, 2.05) is 97.1 Å². The van der Waals surface area contributed by atoms with Gasteiger partial charge in [-0.05, 0) is 41.0 Å². The van der Waals surface area contributed by atoms with Gasteiger partial charge in [0.05, 0.1) is 17.4 Å². The third-order valence-electron chi connectivity index (χ3n) is 5.74. The second kappa shape index (κ2) is 9.55. The van der Waals surface area contributed by atoms with Crippen molar-refractivity contribution in [3.63, 3.8) is 0 Å². The molecule has 0 unspecified atom stereocenters. The summed E-state index contributed by atoms with van der Waals surface area (Å²) in [4.78, 5) is 35.3. The van der Waals surface area contributed by atoms with E-state index in [1.54, 1.807) is 17.0 Å². The molecule has 0 aliphatic heterocycles. The van der Waals surface area contributed by atoms with Gasteiger partial charge in [0.25, 0.3) is 11.5 Å². The number of nitrogens with one attached hydrogen (secondary N) is 1. The molecule has 0 atom stereocenters. The van der Waals surface area contributed by atoms with E-state index in [4.69, 9.17) is 0 Å². The van der Waals surface area contributed by atoms with Crippen molar-refractivity contribution in [1.29, 1.82) is 0 Å². The zero-order valence-electron chi connectivity index (χ0n) is 18.5. The SMILES string of the molecule is O=C(c1ccc(-c2ccccc2)cc1)N(Cc1ccccc1)Cc1nc2ccccc2c(=O)[nH]1. The smallest absolute Gasteiger partial charge is 0.258 e. The molecule has 0 aliphatic rings. The fraction of sp³-hybridized carbons (Fsp3) is 0.0690. The maximum Gasteiger partial charge on any atom is 0.258 e. The fourth-order valence-corrected chi connectivity index (χ4v) is 4.01. The van der Waals surface area contributed by atoms with E-state index in [0.717, 1.165) is 16.7 Å². The number of hydrogen-bond donors (Lipinski definition) is 1. The van der Waals surface area contributed by atoms with Crippen LogP contribution in [0.3, 0.4) is 0 Å². The van der Waals surface area contributed by atoms with E-state index in [9.17, 15) is 9.59 Å². The van der Waals surface area contributed by atoms with Crippen LogP contribution in [-0.2, 0) is 13.1 Å². The molecule has 166 valence electrons. The van der Waals surface area contributed by atoms with E-state index in [2.05, 4.69) is 9.97 Å². The minimum absolute atomic E-state index is 0.126. The first-order valence-electron chi connectivity index (χ1n) is 11.1. The van der Waals surface area contributed by atoms with Crippen molar-refractivity contribution in [1.82, 2.24) is 14.9 Å². The topological polar surface area (TPSA) is 66.1 Å². The zero-order chi connectivity index (χ0) is 23.3. The summed E-state index contributed by atoms with van der Waals surface area (Å²) in [6.45, 7) is 0.588. The summed E-state index contributed by atoms with van der Waals surface area (Å²) in [6, 6.07) is 34.7. The van der Waals surface area contributed by atoms with Gasteiger partial charge in [-0.3, -0.25) is 9.59 Å². The number of aromatic nitrogens is 2. The number of hydrogen-bond acceptors (Lipinski definition) is 3. The Morgan fingerprint density at radius 2 is 1.32 bits per heavy atom. The Hall–Kier alpha value is -4.51. The van der Waals surface area contributed by atoms with Crippen LogP contribution < -0.4 is 5.56 Å². The van der Waals surface area contributed by atoms with Crippen LogP contribution in [0.1, 0.15) is 21.7 Å². The first kappa shape index (κ1) is 21.3. The lowest BCUT2D eigenvalue weighted by Crippen LogP contribution is -2.31. The van der Waals surface area contributed by atoms with Gasteiger partial charge in [-0.1, -0.05) is 84.9 Å². The molecule has 4 aromatic carbocycles. The quantitative estimate of drug-likeness (QED) is 0.379. The minimum Gasteiger partial charge on any atom is -0.327 e. The van der Waals surface area contributed by atoms with Gasteiger partial charge in [0.15, 0.2) is 0 Å². The van der Waals surface area contributed by atoms with E-state index in [-0.39, 0.29) is 18.0 Å². The van der Waals surface area contributed by atoms with Gasteiger partial charge in [0, 0.05) is 12.1 Å². The number of carbonyl (C=O) groups excluding carboxylic acids is 1. The van der Waals surface area contributed by atoms with Crippen LogP contribution in [0, 0.1) is 0 Å². The van der Waals surface area contributed by atoms with Crippen molar-refractivity contribution >= 4 is 16.8 Å². The molecule has 0 fully saturated rings. The summed E-state index contributed by atoms with van der Waals surface area (Å²) < 4.78 is 0. The second-order valence-electron chi connectivity index (χ2n) is 8.12. The fourth-order valence-electron chi connectivity index (χ4n) is 4.01. The summed E-state index contributed by atoms with van der Waals surface area (Å²) in [5.74, 6) is 0.327. The van der Waals surface area contributed by atoms with Gasteiger partial charge in [-0.25, -0.2) is 4.98 Å². The number of H-pyrrole nitrogens is 1. The standard InChI is InChI=1S/C29H23N3O2/c33-28-25-13-7-8-14-26(25)30-27(31-28)20-32(19-21-9-3-1-4-10-21)29(34)24-17-15-23(16-18-24)22-11-5-2-6-12-22/h1-18H,19-20H2,(H,30,31,33). The Bertz CT molecular complexity index is 1480. The van der Waals surface area contributed by atoms with Crippen molar-refractivity contribution < 1.29 is 4.79 Å². The molecule has 0 aliphatic carbocycles. The van der Waals surface area contributed by atoms with Crippen molar-refractivity contribution in [3.05, 3.63) is 136 Å². The molecule has 0 bridgehead atoms. The lowest BCUT2D eigenvalue weighted by molar-refractivity contribution is 0.0725. The molecule has 5 heteroatoms.